The first-order valence-electron chi connectivity index (χ1n) is 13.0. The van der Waals surface area contributed by atoms with Gasteiger partial charge in [0.15, 0.2) is 5.43 Å². The van der Waals surface area contributed by atoms with Gasteiger partial charge in [0.25, 0.3) is 0 Å². The summed E-state index contributed by atoms with van der Waals surface area (Å²) >= 11 is 0. The van der Waals surface area contributed by atoms with Gasteiger partial charge in [-0.2, -0.15) is 8.42 Å². The molecular formula is C30H26FN3O4S. The second-order valence-corrected chi connectivity index (χ2v) is 11.2. The van der Waals surface area contributed by atoms with Gasteiger partial charge >= 0.3 is 10.2 Å². The topological polar surface area (TPSA) is 94.1 Å². The van der Waals surface area contributed by atoms with E-state index in [4.69, 9.17) is 11.2 Å². The molecule has 1 aliphatic carbocycles. The molecule has 0 radical (unpaired) electrons. The molecule has 1 fully saturated rings. The summed E-state index contributed by atoms with van der Waals surface area (Å²) in [6.07, 6.45) is 13.3. The second kappa shape index (κ2) is 9.54. The number of pyridine rings is 2. The standard InChI is InChI=1S/C30H26FN3O4S/c1-3-18-10-11-22-25(12-18)33-30-28(22)29(35)24-15-27(38-4-2)23(19-13-21(17-32-16-19)39(31,36)37)14-26(24)34(30)20-8-6-5-7-9-20/h1,10-17,20,33H,4-9H2,2H3. The molecule has 5 aromatic rings. The largest absolute Gasteiger partial charge is 0.493 e. The van der Waals surface area contributed by atoms with E-state index >= 15 is 0 Å². The first-order valence-corrected chi connectivity index (χ1v) is 14.4. The fourth-order valence-electron chi connectivity index (χ4n) is 5.81. The van der Waals surface area contributed by atoms with Crippen molar-refractivity contribution in [2.24, 2.45) is 0 Å². The quantitative estimate of drug-likeness (QED) is 0.209. The van der Waals surface area contributed by atoms with Crippen LogP contribution in [0.5, 0.6) is 5.75 Å². The number of fused-ring (bicyclic) bond motifs is 4. The highest BCUT2D eigenvalue weighted by molar-refractivity contribution is 7.86. The van der Waals surface area contributed by atoms with Crippen LogP contribution in [0.4, 0.5) is 3.89 Å². The van der Waals surface area contributed by atoms with Crippen LogP contribution < -0.4 is 10.2 Å². The van der Waals surface area contributed by atoms with Crippen LogP contribution in [0, 0.1) is 12.3 Å². The third kappa shape index (κ3) is 4.25. The summed E-state index contributed by atoms with van der Waals surface area (Å²) in [7, 11) is -4.96. The van der Waals surface area contributed by atoms with Crippen LogP contribution in [0.3, 0.4) is 0 Å². The highest BCUT2D eigenvalue weighted by Crippen LogP contribution is 2.40. The number of aromatic amines is 1. The van der Waals surface area contributed by atoms with E-state index in [0.717, 1.165) is 54.9 Å². The van der Waals surface area contributed by atoms with Gasteiger partial charge in [0.2, 0.25) is 0 Å². The minimum Gasteiger partial charge on any atom is -0.493 e. The first kappa shape index (κ1) is 25.1. The number of terminal acetylenes is 1. The number of aromatic nitrogens is 3. The number of H-pyrrole nitrogens is 1. The van der Waals surface area contributed by atoms with Gasteiger partial charge < -0.3 is 14.3 Å². The molecule has 0 spiro atoms. The molecule has 3 aromatic heterocycles. The predicted molar refractivity (Wildman–Crippen MR) is 150 cm³/mol. The zero-order valence-corrected chi connectivity index (χ0v) is 22.1. The lowest BCUT2D eigenvalue weighted by Crippen LogP contribution is -2.18. The lowest BCUT2D eigenvalue weighted by molar-refractivity contribution is 0.342. The average Bonchev–Trinajstić information content (AvgIpc) is 3.32. The Labute approximate surface area is 224 Å². The van der Waals surface area contributed by atoms with Crippen molar-refractivity contribution in [1.82, 2.24) is 14.5 Å². The van der Waals surface area contributed by atoms with Crippen molar-refractivity contribution in [2.45, 2.75) is 50.0 Å². The molecule has 1 N–H and O–H groups in total. The number of hydrogen-bond acceptors (Lipinski definition) is 5. The van der Waals surface area contributed by atoms with Crippen LogP contribution >= 0.6 is 0 Å². The van der Waals surface area contributed by atoms with E-state index < -0.39 is 15.1 Å². The lowest BCUT2D eigenvalue weighted by Gasteiger charge is -2.27. The summed E-state index contributed by atoms with van der Waals surface area (Å²) in [4.78, 5) is 21.0. The Kier molecular flexibility index (Phi) is 6.15. The van der Waals surface area contributed by atoms with E-state index in [9.17, 15) is 17.1 Å². The molecule has 0 amide bonds. The number of benzene rings is 2. The highest BCUT2D eigenvalue weighted by atomic mass is 32.3. The van der Waals surface area contributed by atoms with Gasteiger partial charge in [0.05, 0.1) is 22.9 Å². The SMILES string of the molecule is C#Cc1ccc2c(c1)[nH]c1c2c(=O)c2cc(OCC)c(-c3cncc(S(=O)(=O)F)c3)cc2n1C1CCCCC1. The fraction of sp³-hybridized carbons (Fsp3) is 0.267. The molecule has 0 bridgehead atoms. The minimum atomic E-state index is -4.96. The van der Waals surface area contributed by atoms with Gasteiger partial charge in [-0.1, -0.05) is 31.2 Å². The fourth-order valence-corrected chi connectivity index (χ4v) is 6.26. The Hall–Kier alpha value is -4.16. The van der Waals surface area contributed by atoms with Crippen molar-refractivity contribution in [1.29, 1.82) is 0 Å². The molecule has 6 rings (SSSR count). The smallest absolute Gasteiger partial charge is 0.333 e. The predicted octanol–water partition coefficient (Wildman–Crippen LogP) is 6.24. The van der Waals surface area contributed by atoms with Crippen molar-refractivity contribution in [3.05, 3.63) is 64.6 Å². The molecule has 1 saturated carbocycles. The van der Waals surface area contributed by atoms with Gasteiger partial charge in [-0.25, -0.2) is 0 Å². The van der Waals surface area contributed by atoms with E-state index in [0.29, 0.717) is 45.3 Å². The zero-order chi connectivity index (χ0) is 27.3. The van der Waals surface area contributed by atoms with Crippen molar-refractivity contribution >= 4 is 43.1 Å². The molecule has 7 nitrogen and oxygen atoms in total. The number of halogens is 1. The molecule has 3 heterocycles. The third-order valence-corrected chi connectivity index (χ3v) is 8.35. The molecular weight excluding hydrogens is 517 g/mol. The molecule has 0 atom stereocenters. The summed E-state index contributed by atoms with van der Waals surface area (Å²) in [5.74, 6) is 3.04. The Morgan fingerprint density at radius 2 is 1.92 bits per heavy atom. The summed E-state index contributed by atoms with van der Waals surface area (Å²) in [5, 5.41) is 1.88. The number of nitrogens with zero attached hydrogens (tertiary/aromatic N) is 2. The van der Waals surface area contributed by atoms with E-state index in [1.165, 1.54) is 12.3 Å². The molecule has 198 valence electrons. The van der Waals surface area contributed by atoms with Crippen LogP contribution in [0.15, 0.2) is 58.5 Å². The Balaban J connectivity index is 1.74. The van der Waals surface area contributed by atoms with Crippen LogP contribution in [0.25, 0.3) is 44.0 Å². The molecule has 0 aliphatic heterocycles. The highest BCUT2D eigenvalue weighted by Gasteiger charge is 2.25. The summed E-state index contributed by atoms with van der Waals surface area (Å²) in [6, 6.07) is 10.5. The second-order valence-electron chi connectivity index (χ2n) is 9.89. The van der Waals surface area contributed by atoms with E-state index in [1.54, 1.807) is 6.07 Å². The van der Waals surface area contributed by atoms with Gasteiger partial charge in [0, 0.05) is 46.0 Å². The van der Waals surface area contributed by atoms with E-state index in [1.807, 2.05) is 31.2 Å². The van der Waals surface area contributed by atoms with Crippen LogP contribution in [0.1, 0.15) is 50.6 Å². The van der Waals surface area contributed by atoms with E-state index in [-0.39, 0.29) is 11.5 Å². The summed E-state index contributed by atoms with van der Waals surface area (Å²) < 4.78 is 45.2. The number of hydrogen-bond donors (Lipinski definition) is 1. The summed E-state index contributed by atoms with van der Waals surface area (Å²) in [5.41, 5.74) is 3.66. The third-order valence-electron chi connectivity index (χ3n) is 7.56. The number of rotatable bonds is 5. The number of nitrogens with one attached hydrogen (secondary N) is 1. The molecule has 39 heavy (non-hydrogen) atoms. The molecule has 0 saturated heterocycles. The van der Waals surface area contributed by atoms with Crippen LogP contribution in [-0.4, -0.2) is 29.6 Å². The zero-order valence-electron chi connectivity index (χ0n) is 21.3. The van der Waals surface area contributed by atoms with Gasteiger partial charge in [-0.05, 0) is 50.1 Å². The Morgan fingerprint density at radius 3 is 2.64 bits per heavy atom. The first-order chi connectivity index (χ1) is 18.8. The van der Waals surface area contributed by atoms with Crippen LogP contribution in [0.2, 0.25) is 0 Å². The van der Waals surface area contributed by atoms with Crippen molar-refractivity contribution < 1.29 is 17.0 Å². The van der Waals surface area contributed by atoms with E-state index in [2.05, 4.69) is 20.5 Å². The van der Waals surface area contributed by atoms with Crippen LogP contribution in [-0.2, 0) is 10.2 Å². The summed E-state index contributed by atoms with van der Waals surface area (Å²) in [6.45, 7) is 2.13. The molecule has 1 aliphatic rings. The maximum atomic E-state index is 14.1. The maximum Gasteiger partial charge on any atom is 0.333 e. The van der Waals surface area contributed by atoms with Crippen molar-refractivity contribution in [3.63, 3.8) is 0 Å². The Bertz CT molecular complexity index is 1980. The molecule has 9 heteroatoms. The van der Waals surface area contributed by atoms with Crippen molar-refractivity contribution in [2.75, 3.05) is 6.61 Å². The van der Waals surface area contributed by atoms with Gasteiger partial charge in [-0.3, -0.25) is 9.78 Å². The maximum absolute atomic E-state index is 14.1. The van der Waals surface area contributed by atoms with Gasteiger partial charge in [0.1, 0.15) is 16.3 Å². The Morgan fingerprint density at radius 1 is 1.13 bits per heavy atom. The minimum absolute atomic E-state index is 0.141. The van der Waals surface area contributed by atoms with Crippen molar-refractivity contribution in [3.8, 4) is 29.2 Å². The monoisotopic (exact) mass is 543 g/mol. The van der Waals surface area contributed by atoms with Gasteiger partial charge in [-0.15, -0.1) is 10.3 Å². The molecule has 0 unspecified atom stereocenters. The normalized spacial score (nSPS) is 14.7. The lowest BCUT2D eigenvalue weighted by atomic mass is 9.94. The number of ether oxygens (including phenoxy) is 1. The average molecular weight is 544 g/mol. The molecule has 2 aromatic carbocycles.